The van der Waals surface area contributed by atoms with Crippen molar-refractivity contribution in [3.05, 3.63) is 12.8 Å². The average Bonchev–Trinajstić information content (AvgIpc) is 2.86. The Morgan fingerprint density at radius 2 is 0.914 bits per heavy atom. The lowest BCUT2D eigenvalue weighted by atomic mass is 10.4. The Morgan fingerprint density at radius 3 is 1.26 bits per heavy atom. The summed E-state index contributed by atoms with van der Waals surface area (Å²) in [4.78, 5) is 11.5. The predicted octanol–water partition coefficient (Wildman–Crippen LogP) is 0.769. The van der Waals surface area contributed by atoms with E-state index in [1.807, 2.05) is 0 Å². The lowest BCUT2D eigenvalue weighted by Crippen LogP contribution is -2.30. The molecule has 0 fully saturated rings. The smallest absolute Gasteiger partial charge is 0.222 e. The normalized spacial score (nSPS) is 11.0. The summed E-state index contributed by atoms with van der Waals surface area (Å²) in [5.41, 5.74) is 0. The van der Waals surface area contributed by atoms with Crippen LogP contribution in [0.3, 0.4) is 0 Å². The van der Waals surface area contributed by atoms with Crippen molar-refractivity contribution in [3.8, 4) is 0 Å². The van der Waals surface area contributed by atoms with Crippen LogP contribution in [0.25, 0.3) is 0 Å². The van der Waals surface area contributed by atoms with E-state index >= 15 is 0 Å². The van der Waals surface area contributed by atoms with Crippen LogP contribution in [0, 0.1) is 0 Å². The zero-order valence-corrected chi connectivity index (χ0v) is 21.6. The lowest BCUT2D eigenvalue weighted by molar-refractivity contribution is -0.122. The molecular formula is C24H48N2O9. The van der Waals surface area contributed by atoms with E-state index < -0.39 is 0 Å². The van der Waals surface area contributed by atoms with E-state index in [-0.39, 0.29) is 5.91 Å². The number of rotatable bonds is 30. The monoisotopic (exact) mass is 508 g/mol. The molecule has 0 aromatic heterocycles. The lowest BCUT2D eigenvalue weighted by Gasteiger charge is -2.09. The van der Waals surface area contributed by atoms with Gasteiger partial charge in [0.15, 0.2) is 0 Å². The first-order valence-electron chi connectivity index (χ1n) is 12.5. The molecule has 11 nitrogen and oxygen atoms in total. The van der Waals surface area contributed by atoms with Gasteiger partial charge in [0.2, 0.25) is 5.91 Å². The van der Waals surface area contributed by atoms with E-state index in [4.69, 9.17) is 37.9 Å². The summed E-state index contributed by atoms with van der Waals surface area (Å²) in [7, 11) is 0. The molecule has 0 unspecified atom stereocenters. The molecule has 0 aliphatic rings. The fraction of sp³-hybridized carbons (Fsp3) is 0.875. The molecule has 0 atom stereocenters. The van der Waals surface area contributed by atoms with E-state index in [1.54, 1.807) is 6.20 Å². The Kier molecular flexibility index (Phi) is 29.6. The van der Waals surface area contributed by atoms with Gasteiger partial charge in [0.1, 0.15) is 0 Å². The van der Waals surface area contributed by atoms with Gasteiger partial charge in [-0.05, 0) is 12.6 Å². The van der Waals surface area contributed by atoms with Crippen LogP contribution in [0.1, 0.15) is 19.8 Å². The maximum atomic E-state index is 11.5. The van der Waals surface area contributed by atoms with E-state index in [0.717, 1.165) is 13.0 Å². The van der Waals surface area contributed by atoms with Gasteiger partial charge in [0.25, 0.3) is 0 Å². The molecular weight excluding hydrogens is 460 g/mol. The minimum atomic E-state index is -0.0332. The molecule has 208 valence electrons. The van der Waals surface area contributed by atoms with Gasteiger partial charge >= 0.3 is 0 Å². The second-order valence-corrected chi connectivity index (χ2v) is 7.16. The SMILES string of the molecule is C=CNCCNC(=O)CCOCCOCCOCCOCCOCCOCCOCCOCCC. The summed E-state index contributed by atoms with van der Waals surface area (Å²) in [5.74, 6) is -0.0332. The maximum Gasteiger partial charge on any atom is 0.222 e. The molecule has 0 saturated heterocycles. The van der Waals surface area contributed by atoms with Crippen LogP contribution >= 0.6 is 0 Å². The third-order valence-corrected chi connectivity index (χ3v) is 4.16. The molecule has 2 N–H and O–H groups in total. The topological polar surface area (TPSA) is 115 Å². The molecule has 0 aliphatic heterocycles. The Balaban J connectivity index is 3.07. The van der Waals surface area contributed by atoms with Gasteiger partial charge < -0.3 is 48.5 Å². The third-order valence-electron chi connectivity index (χ3n) is 4.16. The van der Waals surface area contributed by atoms with Crippen LogP contribution in [0.15, 0.2) is 12.8 Å². The summed E-state index contributed by atoms with van der Waals surface area (Å²) in [6, 6.07) is 0. The Morgan fingerprint density at radius 1 is 0.571 bits per heavy atom. The zero-order chi connectivity index (χ0) is 25.5. The van der Waals surface area contributed by atoms with E-state index in [1.165, 1.54) is 0 Å². The molecule has 0 aromatic rings. The molecule has 0 heterocycles. The van der Waals surface area contributed by atoms with Crippen molar-refractivity contribution in [2.24, 2.45) is 0 Å². The highest BCUT2D eigenvalue weighted by atomic mass is 16.6. The number of ether oxygens (including phenoxy) is 8. The quantitative estimate of drug-likeness (QED) is 0.135. The molecule has 1 amide bonds. The highest BCUT2D eigenvalue weighted by Gasteiger charge is 2.00. The molecule has 0 radical (unpaired) electrons. The van der Waals surface area contributed by atoms with Crippen molar-refractivity contribution in [1.82, 2.24) is 10.6 Å². The van der Waals surface area contributed by atoms with Crippen LogP contribution in [0.5, 0.6) is 0 Å². The van der Waals surface area contributed by atoms with E-state index in [2.05, 4.69) is 24.1 Å². The van der Waals surface area contributed by atoms with Gasteiger partial charge in [0.05, 0.1) is 99.1 Å². The molecule has 0 saturated carbocycles. The molecule has 0 bridgehead atoms. The van der Waals surface area contributed by atoms with Crippen LogP contribution < -0.4 is 10.6 Å². The maximum absolute atomic E-state index is 11.5. The minimum Gasteiger partial charge on any atom is -0.390 e. The van der Waals surface area contributed by atoms with Gasteiger partial charge in [-0.3, -0.25) is 4.79 Å². The first-order valence-corrected chi connectivity index (χ1v) is 12.5. The van der Waals surface area contributed by atoms with Crippen LogP contribution in [0.2, 0.25) is 0 Å². The molecule has 0 aromatic carbocycles. The van der Waals surface area contributed by atoms with Crippen molar-refractivity contribution in [2.75, 3.05) is 119 Å². The van der Waals surface area contributed by atoms with Gasteiger partial charge in [0, 0.05) is 26.1 Å². The fourth-order valence-corrected chi connectivity index (χ4v) is 2.42. The first-order chi connectivity index (χ1) is 17.3. The molecule has 0 aliphatic carbocycles. The summed E-state index contributed by atoms with van der Waals surface area (Å²) in [6.45, 7) is 15.3. The second kappa shape index (κ2) is 30.7. The number of nitrogens with one attached hydrogen (secondary N) is 2. The number of carbonyl (C=O) groups is 1. The van der Waals surface area contributed by atoms with Gasteiger partial charge in [-0.15, -0.1) is 0 Å². The Labute approximate surface area is 211 Å². The Bertz CT molecular complexity index is 445. The fourth-order valence-electron chi connectivity index (χ4n) is 2.42. The molecule has 0 rings (SSSR count). The van der Waals surface area contributed by atoms with E-state index in [0.29, 0.717) is 119 Å². The van der Waals surface area contributed by atoms with Crippen molar-refractivity contribution in [2.45, 2.75) is 19.8 Å². The highest BCUT2D eigenvalue weighted by molar-refractivity contribution is 5.75. The van der Waals surface area contributed by atoms with Crippen molar-refractivity contribution in [3.63, 3.8) is 0 Å². The molecule has 0 spiro atoms. The summed E-state index contributed by atoms with van der Waals surface area (Å²) in [6.07, 6.45) is 2.95. The van der Waals surface area contributed by atoms with Gasteiger partial charge in [-0.2, -0.15) is 0 Å². The predicted molar refractivity (Wildman–Crippen MR) is 133 cm³/mol. The third kappa shape index (κ3) is 30.7. The van der Waals surface area contributed by atoms with Crippen molar-refractivity contribution < 1.29 is 42.7 Å². The highest BCUT2D eigenvalue weighted by Crippen LogP contribution is 1.87. The summed E-state index contributed by atoms with van der Waals surface area (Å²) < 4.78 is 43.2. The number of hydrogen-bond donors (Lipinski definition) is 2. The first kappa shape index (κ1) is 33.7. The molecule has 35 heavy (non-hydrogen) atoms. The molecule has 11 heteroatoms. The van der Waals surface area contributed by atoms with Crippen molar-refractivity contribution in [1.29, 1.82) is 0 Å². The summed E-state index contributed by atoms with van der Waals surface area (Å²) >= 11 is 0. The van der Waals surface area contributed by atoms with Gasteiger partial charge in [-0.1, -0.05) is 13.5 Å². The minimum absolute atomic E-state index is 0.0332. The van der Waals surface area contributed by atoms with Gasteiger partial charge in [-0.25, -0.2) is 0 Å². The Hall–Kier alpha value is -1.31. The number of carbonyl (C=O) groups excluding carboxylic acids is 1. The standard InChI is InChI=1S/C24H48N2O9/c1-3-8-28-10-12-30-14-16-32-18-20-34-22-23-35-21-19-33-17-15-31-13-11-29-9-5-24(27)26-7-6-25-4-2/h4,25H,2-3,5-23H2,1H3,(H,26,27). The summed E-state index contributed by atoms with van der Waals surface area (Å²) in [5, 5.41) is 5.69. The van der Waals surface area contributed by atoms with Crippen LogP contribution in [-0.4, -0.2) is 125 Å². The number of amides is 1. The van der Waals surface area contributed by atoms with Crippen LogP contribution in [-0.2, 0) is 42.7 Å². The second-order valence-electron chi connectivity index (χ2n) is 7.16. The zero-order valence-electron chi connectivity index (χ0n) is 21.6. The average molecular weight is 509 g/mol. The van der Waals surface area contributed by atoms with Crippen LogP contribution in [0.4, 0.5) is 0 Å². The number of hydrogen-bond acceptors (Lipinski definition) is 10. The van der Waals surface area contributed by atoms with Crippen molar-refractivity contribution >= 4 is 5.91 Å². The largest absolute Gasteiger partial charge is 0.390 e. The van der Waals surface area contributed by atoms with E-state index in [9.17, 15) is 4.79 Å².